The van der Waals surface area contributed by atoms with Gasteiger partial charge in [0, 0.05) is 16.5 Å². The van der Waals surface area contributed by atoms with Crippen LogP contribution < -0.4 is 10.2 Å². The number of amides is 1. The number of nitrogens with zero attached hydrogens (tertiary/aromatic N) is 1. The number of fused-ring (bicyclic) bond motifs is 1. The molecule has 35 heavy (non-hydrogen) atoms. The second kappa shape index (κ2) is 14.6. The van der Waals surface area contributed by atoms with E-state index >= 15 is 0 Å². The second-order valence-corrected chi connectivity index (χ2v) is 10.0. The number of hydrogen-bond acceptors (Lipinski definition) is 5. The number of thiophene rings is 1. The van der Waals surface area contributed by atoms with Crippen molar-refractivity contribution in [2.45, 2.75) is 71.1 Å². The van der Waals surface area contributed by atoms with Gasteiger partial charge in [0.1, 0.15) is 10.6 Å². The molecule has 0 atom stereocenters. The predicted molar refractivity (Wildman–Crippen MR) is 146 cm³/mol. The van der Waals surface area contributed by atoms with Gasteiger partial charge in [0.25, 0.3) is 0 Å². The maximum atomic E-state index is 12.7. The molecule has 3 rings (SSSR count). The Morgan fingerprint density at radius 2 is 1.69 bits per heavy atom. The van der Waals surface area contributed by atoms with Gasteiger partial charge in [-0.05, 0) is 30.2 Å². The van der Waals surface area contributed by atoms with Crippen molar-refractivity contribution in [1.82, 2.24) is 5.43 Å². The van der Waals surface area contributed by atoms with Crippen LogP contribution in [0.15, 0.2) is 53.6 Å². The minimum Gasteiger partial charge on any atom is -0.422 e. The van der Waals surface area contributed by atoms with Crippen LogP contribution in [0.1, 0.15) is 86.4 Å². The molecule has 0 fully saturated rings. The molecule has 0 aliphatic rings. The topological polar surface area (TPSA) is 67.8 Å². The van der Waals surface area contributed by atoms with Crippen LogP contribution in [0.4, 0.5) is 0 Å². The van der Waals surface area contributed by atoms with Gasteiger partial charge in [0.05, 0.1) is 11.2 Å². The fourth-order valence-electron chi connectivity index (χ4n) is 3.79. The fraction of sp³-hybridized carbons (Fsp3) is 0.393. The van der Waals surface area contributed by atoms with Crippen molar-refractivity contribution in [2.24, 2.45) is 5.10 Å². The van der Waals surface area contributed by atoms with Crippen molar-refractivity contribution in [1.29, 1.82) is 0 Å². The Morgan fingerprint density at radius 1 is 0.971 bits per heavy atom. The molecule has 7 heteroatoms. The van der Waals surface area contributed by atoms with Crippen LogP contribution in [0.5, 0.6) is 5.75 Å². The molecule has 0 aliphatic heterocycles. The Hall–Kier alpha value is -2.70. The SMILES string of the molecule is CCCCCCCCCCCC(=O)N/N=C\c1cccc(OC(=O)c2sc3ccccc3c2Cl)c1. The third-order valence-electron chi connectivity index (χ3n) is 5.70. The van der Waals surface area contributed by atoms with E-state index in [-0.39, 0.29) is 5.91 Å². The number of carbonyl (C=O) groups excluding carboxylic acids is 2. The minimum absolute atomic E-state index is 0.0915. The molecule has 1 N–H and O–H groups in total. The highest BCUT2D eigenvalue weighted by molar-refractivity contribution is 7.21. The van der Waals surface area contributed by atoms with Crippen LogP contribution in [0.25, 0.3) is 10.1 Å². The van der Waals surface area contributed by atoms with Crippen LogP contribution in [-0.4, -0.2) is 18.1 Å². The first-order valence-electron chi connectivity index (χ1n) is 12.4. The first kappa shape index (κ1) is 26.9. The van der Waals surface area contributed by atoms with E-state index in [0.29, 0.717) is 27.6 Å². The monoisotopic (exact) mass is 512 g/mol. The van der Waals surface area contributed by atoms with Gasteiger partial charge in [-0.3, -0.25) is 4.79 Å². The molecule has 0 unspecified atom stereocenters. The average molecular weight is 513 g/mol. The summed E-state index contributed by atoms with van der Waals surface area (Å²) in [6.07, 6.45) is 13.0. The Labute approximate surface area is 216 Å². The first-order valence-corrected chi connectivity index (χ1v) is 13.6. The van der Waals surface area contributed by atoms with Gasteiger partial charge in [0.2, 0.25) is 5.91 Å². The van der Waals surface area contributed by atoms with E-state index in [0.717, 1.165) is 22.9 Å². The lowest BCUT2D eigenvalue weighted by atomic mass is 10.1. The Balaban J connectivity index is 1.40. The summed E-state index contributed by atoms with van der Waals surface area (Å²) in [6, 6.07) is 14.6. The lowest BCUT2D eigenvalue weighted by molar-refractivity contribution is -0.121. The van der Waals surface area contributed by atoms with Crippen LogP contribution in [-0.2, 0) is 4.79 Å². The third-order valence-corrected chi connectivity index (χ3v) is 7.35. The van der Waals surface area contributed by atoms with Crippen molar-refractivity contribution < 1.29 is 14.3 Å². The number of hydrogen-bond donors (Lipinski definition) is 1. The molecular weight excluding hydrogens is 480 g/mol. The summed E-state index contributed by atoms with van der Waals surface area (Å²) in [6.45, 7) is 2.23. The predicted octanol–water partition coefficient (Wildman–Crippen LogP) is 8.14. The second-order valence-electron chi connectivity index (χ2n) is 8.57. The van der Waals surface area contributed by atoms with E-state index in [1.807, 2.05) is 30.3 Å². The summed E-state index contributed by atoms with van der Waals surface area (Å²) in [5, 5.41) is 5.28. The van der Waals surface area contributed by atoms with Crippen molar-refractivity contribution in [3.8, 4) is 5.75 Å². The van der Waals surface area contributed by atoms with Gasteiger partial charge in [0.15, 0.2) is 0 Å². The van der Waals surface area contributed by atoms with E-state index < -0.39 is 5.97 Å². The molecular formula is C28H33ClN2O3S. The lowest BCUT2D eigenvalue weighted by Crippen LogP contribution is -2.16. The molecule has 1 heterocycles. The molecule has 1 aromatic heterocycles. The molecule has 2 aromatic carbocycles. The van der Waals surface area contributed by atoms with E-state index in [9.17, 15) is 9.59 Å². The molecule has 186 valence electrons. The summed E-state index contributed by atoms with van der Waals surface area (Å²) < 4.78 is 6.46. The zero-order valence-electron chi connectivity index (χ0n) is 20.2. The molecule has 0 spiro atoms. The smallest absolute Gasteiger partial charge is 0.355 e. The summed E-state index contributed by atoms with van der Waals surface area (Å²) >= 11 is 7.69. The highest BCUT2D eigenvalue weighted by Crippen LogP contribution is 2.35. The fourth-order valence-corrected chi connectivity index (χ4v) is 5.17. The molecule has 3 aromatic rings. The van der Waals surface area contributed by atoms with Crippen LogP contribution in [0, 0.1) is 0 Å². The summed E-state index contributed by atoms with van der Waals surface area (Å²) in [5.41, 5.74) is 3.28. The number of carbonyl (C=O) groups is 2. The van der Waals surface area contributed by atoms with Gasteiger partial charge in [-0.15, -0.1) is 11.3 Å². The van der Waals surface area contributed by atoms with Crippen molar-refractivity contribution >= 4 is 51.1 Å². The first-order chi connectivity index (χ1) is 17.1. The van der Waals surface area contributed by atoms with E-state index in [4.69, 9.17) is 16.3 Å². The summed E-state index contributed by atoms with van der Waals surface area (Å²) in [7, 11) is 0. The number of ether oxygens (including phenoxy) is 1. The maximum absolute atomic E-state index is 12.7. The van der Waals surface area contributed by atoms with E-state index in [2.05, 4.69) is 17.5 Å². The number of hydrazone groups is 1. The van der Waals surface area contributed by atoms with Crippen LogP contribution in [0.2, 0.25) is 5.02 Å². The van der Waals surface area contributed by atoms with Crippen LogP contribution in [0.3, 0.4) is 0 Å². The molecule has 0 saturated heterocycles. The van der Waals surface area contributed by atoms with Crippen LogP contribution >= 0.6 is 22.9 Å². The zero-order chi connectivity index (χ0) is 24.9. The number of halogens is 1. The quantitative estimate of drug-likeness (QED) is 0.0778. The largest absolute Gasteiger partial charge is 0.422 e. The van der Waals surface area contributed by atoms with Crippen molar-refractivity contribution in [3.63, 3.8) is 0 Å². The van der Waals surface area contributed by atoms with E-state index in [1.165, 1.54) is 62.5 Å². The Bertz CT molecular complexity index is 1140. The number of esters is 1. The molecule has 0 aliphatic carbocycles. The van der Waals surface area contributed by atoms with Crippen molar-refractivity contribution in [3.05, 3.63) is 64.0 Å². The van der Waals surface area contributed by atoms with E-state index in [1.54, 1.807) is 18.2 Å². The number of nitrogens with one attached hydrogen (secondary N) is 1. The maximum Gasteiger partial charge on any atom is 0.355 e. The average Bonchev–Trinajstić information content (AvgIpc) is 3.20. The molecule has 0 saturated carbocycles. The Kier molecular flexibility index (Phi) is 11.3. The van der Waals surface area contributed by atoms with Crippen molar-refractivity contribution in [2.75, 3.05) is 0 Å². The van der Waals surface area contributed by atoms with Gasteiger partial charge >= 0.3 is 5.97 Å². The third kappa shape index (κ3) is 8.79. The minimum atomic E-state index is -0.500. The van der Waals surface area contributed by atoms with Gasteiger partial charge in [-0.1, -0.05) is 100 Å². The highest BCUT2D eigenvalue weighted by Gasteiger charge is 2.19. The molecule has 0 radical (unpaired) electrons. The lowest BCUT2D eigenvalue weighted by Gasteiger charge is -2.04. The van der Waals surface area contributed by atoms with Gasteiger partial charge < -0.3 is 4.74 Å². The normalized spacial score (nSPS) is 11.3. The van der Waals surface area contributed by atoms with Gasteiger partial charge in [-0.25, -0.2) is 10.2 Å². The standard InChI is InChI=1S/C28H33ClN2O3S/c1-2-3-4-5-6-7-8-9-10-18-25(32)31-30-20-21-14-13-15-22(19-21)34-28(33)27-26(29)23-16-11-12-17-24(23)35-27/h11-17,19-20H,2-10,18H2,1H3,(H,31,32)/b30-20-. The number of unbranched alkanes of at least 4 members (excludes halogenated alkanes) is 8. The summed E-state index contributed by atoms with van der Waals surface area (Å²) in [4.78, 5) is 25.0. The molecule has 1 amide bonds. The number of rotatable bonds is 14. The van der Waals surface area contributed by atoms with Gasteiger partial charge in [-0.2, -0.15) is 5.10 Å². The molecule has 5 nitrogen and oxygen atoms in total. The highest BCUT2D eigenvalue weighted by atomic mass is 35.5. The number of benzene rings is 2. The summed E-state index contributed by atoms with van der Waals surface area (Å²) in [5.74, 6) is -0.209. The molecule has 0 bridgehead atoms. The zero-order valence-corrected chi connectivity index (χ0v) is 21.8. The Morgan fingerprint density at radius 3 is 2.43 bits per heavy atom.